The Bertz CT molecular complexity index is 304. The van der Waals surface area contributed by atoms with Crippen LogP contribution in [0.2, 0.25) is 0 Å². The van der Waals surface area contributed by atoms with E-state index in [9.17, 15) is 5.11 Å². The van der Waals surface area contributed by atoms with Crippen LogP contribution in [0.15, 0.2) is 35.2 Å². The van der Waals surface area contributed by atoms with E-state index < -0.39 is 0 Å². The summed E-state index contributed by atoms with van der Waals surface area (Å²) >= 11 is 1.91. The molecule has 0 amide bonds. The van der Waals surface area contributed by atoms with Crippen molar-refractivity contribution in [2.75, 3.05) is 12.4 Å². The summed E-state index contributed by atoms with van der Waals surface area (Å²) in [5.41, 5.74) is 0.252. The maximum Gasteiger partial charge on any atom is 0.0487 e. The number of thioether (sulfide) groups is 1. The second-order valence-corrected chi connectivity index (χ2v) is 5.95. The van der Waals surface area contributed by atoms with Crippen LogP contribution in [0.5, 0.6) is 0 Å². The van der Waals surface area contributed by atoms with Crippen molar-refractivity contribution in [3.63, 3.8) is 0 Å². The molecule has 2 rings (SSSR count). The molecule has 0 heterocycles. The van der Waals surface area contributed by atoms with E-state index in [0.29, 0.717) is 6.61 Å². The molecule has 0 atom stereocenters. The van der Waals surface area contributed by atoms with Crippen molar-refractivity contribution in [1.29, 1.82) is 0 Å². The summed E-state index contributed by atoms with van der Waals surface area (Å²) in [6, 6.07) is 10.5. The number of rotatable bonds is 5. The topological polar surface area (TPSA) is 20.2 Å². The van der Waals surface area contributed by atoms with Crippen molar-refractivity contribution in [2.45, 2.75) is 37.0 Å². The third-order valence-corrected chi connectivity index (χ3v) is 4.66. The van der Waals surface area contributed by atoms with Gasteiger partial charge in [0.2, 0.25) is 0 Å². The Hall–Kier alpha value is -0.470. The summed E-state index contributed by atoms with van der Waals surface area (Å²) in [4.78, 5) is 1.34. The maximum atomic E-state index is 9.50. The van der Waals surface area contributed by atoms with Gasteiger partial charge in [-0.2, -0.15) is 0 Å². The van der Waals surface area contributed by atoms with Crippen molar-refractivity contribution in [2.24, 2.45) is 5.41 Å². The highest BCUT2D eigenvalue weighted by Crippen LogP contribution is 2.41. The molecule has 0 bridgehead atoms. The first-order chi connectivity index (χ1) is 7.85. The second-order valence-electron chi connectivity index (χ2n) is 4.78. The minimum Gasteiger partial charge on any atom is -0.396 e. The average molecular weight is 236 g/mol. The summed E-state index contributed by atoms with van der Waals surface area (Å²) in [6.45, 7) is 0.377. The molecule has 1 N–H and O–H groups in total. The summed E-state index contributed by atoms with van der Waals surface area (Å²) in [5.74, 6) is 1.13. The smallest absolute Gasteiger partial charge is 0.0487 e. The Morgan fingerprint density at radius 3 is 2.44 bits per heavy atom. The summed E-state index contributed by atoms with van der Waals surface area (Å²) < 4.78 is 0. The molecule has 2 heteroatoms. The van der Waals surface area contributed by atoms with Gasteiger partial charge in [0.05, 0.1) is 0 Å². The molecule has 0 unspecified atom stereocenters. The van der Waals surface area contributed by atoms with Gasteiger partial charge in [0.15, 0.2) is 0 Å². The largest absolute Gasteiger partial charge is 0.396 e. The normalized spacial score (nSPS) is 18.8. The fraction of sp³-hybridized carbons (Fsp3) is 0.571. The van der Waals surface area contributed by atoms with Crippen LogP contribution >= 0.6 is 11.8 Å². The van der Waals surface area contributed by atoms with Gasteiger partial charge in [-0.25, -0.2) is 0 Å². The molecular formula is C14H20OS. The van der Waals surface area contributed by atoms with E-state index in [0.717, 1.165) is 12.2 Å². The van der Waals surface area contributed by atoms with Gasteiger partial charge in [0.25, 0.3) is 0 Å². The standard InChI is InChI=1S/C14H20OS/c15-12-14(8-4-5-9-14)10-11-16-13-6-2-1-3-7-13/h1-3,6-7,15H,4-5,8-12H2. The zero-order chi connectivity index (χ0) is 11.3. The third-order valence-electron chi connectivity index (χ3n) is 3.64. The molecule has 88 valence electrons. The van der Waals surface area contributed by atoms with Gasteiger partial charge < -0.3 is 5.11 Å². The molecule has 0 radical (unpaired) electrons. The van der Waals surface area contributed by atoms with Crippen LogP contribution in [0.4, 0.5) is 0 Å². The summed E-state index contributed by atoms with van der Waals surface area (Å²) in [7, 11) is 0. The molecule has 0 spiro atoms. The van der Waals surface area contributed by atoms with E-state index in [1.54, 1.807) is 0 Å². The van der Waals surface area contributed by atoms with Gasteiger partial charge in [0, 0.05) is 11.5 Å². The summed E-state index contributed by atoms with van der Waals surface area (Å²) in [5, 5.41) is 9.50. The Morgan fingerprint density at radius 1 is 1.12 bits per heavy atom. The maximum absolute atomic E-state index is 9.50. The monoisotopic (exact) mass is 236 g/mol. The lowest BCUT2D eigenvalue weighted by atomic mass is 9.84. The molecule has 1 saturated carbocycles. The number of hydrogen-bond donors (Lipinski definition) is 1. The summed E-state index contributed by atoms with van der Waals surface area (Å²) in [6.07, 6.45) is 6.20. The fourth-order valence-electron chi connectivity index (χ4n) is 2.51. The van der Waals surface area contributed by atoms with E-state index in [4.69, 9.17) is 0 Å². The Balaban J connectivity index is 1.79. The lowest BCUT2D eigenvalue weighted by Gasteiger charge is -2.25. The van der Waals surface area contributed by atoms with Gasteiger partial charge in [0.1, 0.15) is 0 Å². The SMILES string of the molecule is OCC1(CCSc2ccccc2)CCCC1. The van der Waals surface area contributed by atoms with Crippen molar-refractivity contribution >= 4 is 11.8 Å². The predicted octanol–water partition coefficient (Wildman–Crippen LogP) is 3.72. The minimum atomic E-state index is 0.252. The molecule has 1 fully saturated rings. The zero-order valence-corrected chi connectivity index (χ0v) is 10.5. The first-order valence-electron chi connectivity index (χ1n) is 6.13. The van der Waals surface area contributed by atoms with E-state index in [1.165, 1.54) is 30.6 Å². The number of aliphatic hydroxyl groups excluding tert-OH is 1. The van der Waals surface area contributed by atoms with E-state index >= 15 is 0 Å². The number of hydrogen-bond acceptors (Lipinski definition) is 2. The van der Waals surface area contributed by atoms with Crippen LogP contribution in [0.25, 0.3) is 0 Å². The lowest BCUT2D eigenvalue weighted by Crippen LogP contribution is -2.22. The van der Waals surface area contributed by atoms with Crippen LogP contribution in [-0.2, 0) is 0 Å². The zero-order valence-electron chi connectivity index (χ0n) is 9.69. The number of benzene rings is 1. The highest BCUT2D eigenvalue weighted by Gasteiger charge is 2.32. The van der Waals surface area contributed by atoms with Gasteiger partial charge >= 0.3 is 0 Å². The first-order valence-corrected chi connectivity index (χ1v) is 7.12. The molecular weight excluding hydrogens is 216 g/mol. The lowest BCUT2D eigenvalue weighted by molar-refractivity contribution is 0.127. The Kier molecular flexibility index (Phi) is 4.30. The van der Waals surface area contributed by atoms with Crippen LogP contribution in [0.3, 0.4) is 0 Å². The highest BCUT2D eigenvalue weighted by molar-refractivity contribution is 7.99. The van der Waals surface area contributed by atoms with Crippen molar-refractivity contribution in [3.05, 3.63) is 30.3 Å². The van der Waals surface area contributed by atoms with Crippen LogP contribution in [0.1, 0.15) is 32.1 Å². The molecule has 1 aliphatic carbocycles. The molecule has 0 saturated heterocycles. The Morgan fingerprint density at radius 2 is 1.81 bits per heavy atom. The molecule has 16 heavy (non-hydrogen) atoms. The van der Waals surface area contributed by atoms with Gasteiger partial charge in [-0.1, -0.05) is 31.0 Å². The van der Waals surface area contributed by atoms with E-state index in [2.05, 4.69) is 30.3 Å². The van der Waals surface area contributed by atoms with Gasteiger partial charge in [-0.05, 0) is 42.6 Å². The third kappa shape index (κ3) is 3.02. The van der Waals surface area contributed by atoms with E-state index in [-0.39, 0.29) is 5.41 Å². The molecule has 0 aliphatic heterocycles. The molecule has 1 nitrogen and oxygen atoms in total. The van der Waals surface area contributed by atoms with Crippen molar-refractivity contribution in [3.8, 4) is 0 Å². The molecule has 1 aliphatic rings. The van der Waals surface area contributed by atoms with Crippen LogP contribution < -0.4 is 0 Å². The van der Waals surface area contributed by atoms with E-state index in [1.807, 2.05) is 11.8 Å². The fourth-order valence-corrected chi connectivity index (χ4v) is 3.63. The molecule has 1 aromatic carbocycles. The highest BCUT2D eigenvalue weighted by atomic mass is 32.2. The Labute approximate surface area is 102 Å². The van der Waals surface area contributed by atoms with Crippen LogP contribution in [-0.4, -0.2) is 17.5 Å². The van der Waals surface area contributed by atoms with Crippen LogP contribution in [0, 0.1) is 5.41 Å². The van der Waals surface area contributed by atoms with Gasteiger partial charge in [-0.3, -0.25) is 0 Å². The number of aliphatic hydroxyl groups is 1. The molecule has 0 aromatic heterocycles. The van der Waals surface area contributed by atoms with Gasteiger partial charge in [-0.15, -0.1) is 11.8 Å². The first kappa shape index (κ1) is 12.0. The molecule has 1 aromatic rings. The second kappa shape index (κ2) is 5.74. The predicted molar refractivity (Wildman–Crippen MR) is 69.8 cm³/mol. The minimum absolute atomic E-state index is 0.252. The van der Waals surface area contributed by atoms with Crippen molar-refractivity contribution in [1.82, 2.24) is 0 Å². The van der Waals surface area contributed by atoms with Crippen molar-refractivity contribution < 1.29 is 5.11 Å². The quantitative estimate of drug-likeness (QED) is 0.786. The average Bonchev–Trinajstić information content (AvgIpc) is 2.80.